The van der Waals surface area contributed by atoms with Crippen molar-refractivity contribution in [1.29, 1.82) is 0 Å². The van der Waals surface area contributed by atoms with Gasteiger partial charge in [0.15, 0.2) is 5.78 Å². The Morgan fingerprint density at radius 1 is 1.13 bits per heavy atom. The monoisotopic (exact) mass is 531 g/mol. The van der Waals surface area contributed by atoms with Crippen LogP contribution in [0.4, 0.5) is 5.82 Å². The first-order valence-electron chi connectivity index (χ1n) is 12.9. The van der Waals surface area contributed by atoms with Crippen LogP contribution < -0.4 is 10.1 Å². The molecule has 5 rings (SSSR count). The van der Waals surface area contributed by atoms with Gasteiger partial charge in [0.1, 0.15) is 35.6 Å². The van der Waals surface area contributed by atoms with Crippen LogP contribution in [-0.2, 0) is 4.79 Å². The Hall–Kier alpha value is -3.75. The number of aromatic amines is 1. The van der Waals surface area contributed by atoms with Crippen molar-refractivity contribution in [3.05, 3.63) is 77.2 Å². The highest BCUT2D eigenvalue weighted by Gasteiger charge is 2.24. The number of para-hydroxylation sites is 1. The summed E-state index contributed by atoms with van der Waals surface area (Å²) in [5.74, 6) is 1.66. The molecule has 9 heteroatoms. The first kappa shape index (κ1) is 25.9. The highest BCUT2D eigenvalue weighted by molar-refractivity contribution is 6.35. The molecule has 1 saturated heterocycles. The molecule has 1 fully saturated rings. The molecule has 1 atom stereocenters. The number of carbonyl (C=O) groups excluding carboxylic acids is 2. The molecular weight excluding hydrogens is 502 g/mol. The molecule has 38 heavy (non-hydrogen) atoms. The van der Waals surface area contributed by atoms with Crippen LogP contribution in [-0.4, -0.2) is 57.6 Å². The Labute approximate surface area is 226 Å². The number of ether oxygens (including phenoxy) is 1. The lowest BCUT2D eigenvalue weighted by Crippen LogP contribution is -2.42. The fraction of sp³-hybridized carbons (Fsp3) is 0.310. The van der Waals surface area contributed by atoms with E-state index in [1.807, 2.05) is 30.3 Å². The maximum absolute atomic E-state index is 13.6. The fourth-order valence-corrected chi connectivity index (χ4v) is 5.15. The summed E-state index contributed by atoms with van der Waals surface area (Å²) in [6.07, 6.45) is 8.78. The number of unbranched alkanes of at least 4 members (excludes halogenated alkanes) is 2. The number of anilines is 1. The van der Waals surface area contributed by atoms with E-state index in [0.29, 0.717) is 50.9 Å². The highest BCUT2D eigenvalue weighted by atomic mass is 35.5. The molecule has 0 bridgehead atoms. The molecule has 0 amide bonds. The van der Waals surface area contributed by atoms with Crippen LogP contribution in [0.1, 0.15) is 48.0 Å². The number of fused-ring (bicyclic) bond motifs is 1. The number of aldehydes is 1. The number of ketones is 1. The molecule has 2 aromatic carbocycles. The molecule has 1 aliphatic heterocycles. The minimum Gasteiger partial charge on any atom is -0.457 e. The third-order valence-electron chi connectivity index (χ3n) is 6.77. The maximum atomic E-state index is 13.6. The van der Waals surface area contributed by atoms with Crippen molar-refractivity contribution >= 4 is 40.5 Å². The molecule has 0 aliphatic carbocycles. The number of piperidine rings is 1. The van der Waals surface area contributed by atoms with Crippen molar-refractivity contribution in [3.8, 4) is 11.5 Å². The zero-order valence-electron chi connectivity index (χ0n) is 21.0. The fourth-order valence-electron chi connectivity index (χ4n) is 4.90. The van der Waals surface area contributed by atoms with Gasteiger partial charge in [0.2, 0.25) is 0 Å². The van der Waals surface area contributed by atoms with Crippen LogP contribution in [0.3, 0.4) is 0 Å². The second-order valence-corrected chi connectivity index (χ2v) is 9.89. The molecule has 0 spiro atoms. The molecule has 0 saturated carbocycles. The lowest BCUT2D eigenvalue weighted by molar-refractivity contribution is -0.107. The summed E-state index contributed by atoms with van der Waals surface area (Å²) >= 11 is 6.55. The van der Waals surface area contributed by atoms with E-state index >= 15 is 0 Å². The van der Waals surface area contributed by atoms with E-state index < -0.39 is 0 Å². The molecule has 2 aromatic heterocycles. The smallest absolute Gasteiger partial charge is 0.196 e. The average molecular weight is 532 g/mol. The van der Waals surface area contributed by atoms with Gasteiger partial charge >= 0.3 is 0 Å². The number of H-pyrrole nitrogens is 1. The summed E-state index contributed by atoms with van der Waals surface area (Å²) in [6.45, 7) is 2.91. The van der Waals surface area contributed by atoms with Crippen molar-refractivity contribution in [2.45, 2.75) is 38.1 Å². The first-order chi connectivity index (χ1) is 18.6. The van der Waals surface area contributed by atoms with Crippen LogP contribution in [0.15, 0.2) is 61.1 Å². The molecule has 4 aromatic rings. The number of halogens is 1. The number of nitrogens with one attached hydrogen (secondary N) is 2. The van der Waals surface area contributed by atoms with E-state index in [-0.39, 0.29) is 11.8 Å². The average Bonchev–Trinajstić information content (AvgIpc) is 3.37. The Balaban J connectivity index is 1.33. The van der Waals surface area contributed by atoms with Gasteiger partial charge in [-0.2, -0.15) is 0 Å². The second kappa shape index (κ2) is 12.2. The lowest BCUT2D eigenvalue weighted by atomic mass is 10.0. The van der Waals surface area contributed by atoms with Gasteiger partial charge in [-0.3, -0.25) is 4.79 Å². The van der Waals surface area contributed by atoms with Crippen LogP contribution in [0.5, 0.6) is 11.5 Å². The van der Waals surface area contributed by atoms with E-state index in [1.165, 1.54) is 6.33 Å². The maximum Gasteiger partial charge on any atom is 0.196 e. The van der Waals surface area contributed by atoms with Crippen molar-refractivity contribution in [2.75, 3.05) is 25.0 Å². The van der Waals surface area contributed by atoms with Gasteiger partial charge in [-0.15, -0.1) is 0 Å². The Bertz CT molecular complexity index is 1410. The van der Waals surface area contributed by atoms with Gasteiger partial charge < -0.3 is 24.7 Å². The van der Waals surface area contributed by atoms with Crippen molar-refractivity contribution < 1.29 is 14.3 Å². The molecule has 8 nitrogen and oxygen atoms in total. The number of hydrogen-bond donors (Lipinski definition) is 2. The Morgan fingerprint density at radius 2 is 2.00 bits per heavy atom. The van der Waals surface area contributed by atoms with Crippen molar-refractivity contribution in [1.82, 2.24) is 19.9 Å². The first-order valence-corrected chi connectivity index (χ1v) is 13.3. The zero-order chi connectivity index (χ0) is 26.3. The number of rotatable bonds is 11. The van der Waals surface area contributed by atoms with Crippen molar-refractivity contribution in [3.63, 3.8) is 0 Å². The van der Waals surface area contributed by atoms with E-state index in [2.05, 4.69) is 25.2 Å². The standard InChI is InChI=1S/C29H30ClN5O3/c30-25-16-22(38-21-9-3-1-4-10-21)11-12-23(25)27(37)24-17-31-28-26(24)29(33-19-32-28)34-20-8-7-14-35(18-20)13-5-2-6-15-36/h1,3-4,9-12,15-17,19-20H,2,5-8,13-14,18H2,(H2,31,32,33,34)/t20-/m1/s1. The molecular formula is C29H30ClN5O3. The third kappa shape index (κ3) is 6.03. The summed E-state index contributed by atoms with van der Waals surface area (Å²) in [7, 11) is 0. The molecule has 2 N–H and O–H groups in total. The number of aromatic nitrogens is 3. The molecule has 1 aliphatic rings. The van der Waals surface area contributed by atoms with Gasteiger partial charge in [-0.25, -0.2) is 9.97 Å². The second-order valence-electron chi connectivity index (χ2n) is 9.48. The summed E-state index contributed by atoms with van der Waals surface area (Å²) in [6, 6.07) is 14.7. The van der Waals surface area contributed by atoms with Crippen LogP contribution in [0.25, 0.3) is 11.0 Å². The van der Waals surface area contributed by atoms with Gasteiger partial charge in [0, 0.05) is 36.8 Å². The van der Waals surface area contributed by atoms with Gasteiger partial charge in [0.05, 0.1) is 16.0 Å². The van der Waals surface area contributed by atoms with Gasteiger partial charge in [-0.05, 0) is 63.0 Å². The largest absolute Gasteiger partial charge is 0.457 e. The van der Waals surface area contributed by atoms with E-state index in [9.17, 15) is 9.59 Å². The van der Waals surface area contributed by atoms with Crippen LogP contribution >= 0.6 is 11.6 Å². The van der Waals surface area contributed by atoms with E-state index in [1.54, 1.807) is 24.4 Å². The molecule has 0 unspecified atom stereocenters. The summed E-state index contributed by atoms with van der Waals surface area (Å²) in [5.41, 5.74) is 1.43. The van der Waals surface area contributed by atoms with Crippen LogP contribution in [0.2, 0.25) is 5.02 Å². The quantitative estimate of drug-likeness (QED) is 0.141. The Morgan fingerprint density at radius 3 is 2.82 bits per heavy atom. The molecule has 0 radical (unpaired) electrons. The summed E-state index contributed by atoms with van der Waals surface area (Å²) in [4.78, 5) is 38.6. The third-order valence-corrected chi connectivity index (χ3v) is 7.08. The summed E-state index contributed by atoms with van der Waals surface area (Å²) < 4.78 is 5.85. The number of benzene rings is 2. The normalized spacial score (nSPS) is 15.9. The minimum atomic E-state index is -0.217. The van der Waals surface area contributed by atoms with E-state index in [0.717, 1.165) is 51.6 Å². The Kier molecular flexibility index (Phi) is 8.31. The lowest BCUT2D eigenvalue weighted by Gasteiger charge is -2.33. The SMILES string of the molecule is O=CCCCCN1CCC[C@@H](Nc2ncnc3[nH]cc(C(=O)c4ccc(Oc5ccccc5)cc4Cl)c23)C1. The van der Waals surface area contributed by atoms with E-state index in [4.69, 9.17) is 16.3 Å². The van der Waals surface area contributed by atoms with Crippen molar-refractivity contribution in [2.24, 2.45) is 0 Å². The highest BCUT2D eigenvalue weighted by Crippen LogP contribution is 2.31. The summed E-state index contributed by atoms with van der Waals surface area (Å²) in [5, 5.41) is 4.53. The predicted molar refractivity (Wildman–Crippen MR) is 148 cm³/mol. The van der Waals surface area contributed by atoms with Crippen LogP contribution in [0, 0.1) is 0 Å². The topological polar surface area (TPSA) is 100 Å². The number of nitrogens with zero attached hydrogens (tertiary/aromatic N) is 3. The predicted octanol–water partition coefficient (Wildman–Crippen LogP) is 5.88. The number of likely N-dealkylation sites (tertiary alicyclic amines) is 1. The molecule has 3 heterocycles. The van der Waals surface area contributed by atoms with Gasteiger partial charge in [0.25, 0.3) is 0 Å². The van der Waals surface area contributed by atoms with Gasteiger partial charge in [-0.1, -0.05) is 29.8 Å². The zero-order valence-corrected chi connectivity index (χ0v) is 21.8. The number of hydrogen-bond acceptors (Lipinski definition) is 7. The molecule has 196 valence electrons. The minimum absolute atomic E-state index is 0.198. The number of carbonyl (C=O) groups is 2.